The third-order valence-electron chi connectivity index (χ3n) is 2.92. The Labute approximate surface area is 115 Å². The zero-order valence-electron chi connectivity index (χ0n) is 10.0. The van der Waals surface area contributed by atoms with E-state index in [4.69, 9.17) is 11.6 Å². The van der Waals surface area contributed by atoms with Crippen LogP contribution in [0, 0.1) is 5.82 Å². The number of halogens is 2. The van der Waals surface area contributed by atoms with Crippen molar-refractivity contribution >= 4 is 17.6 Å². The number of carbonyl (C=O) groups is 1. The van der Waals surface area contributed by atoms with E-state index in [1.165, 1.54) is 12.1 Å². The zero-order valence-corrected chi connectivity index (χ0v) is 10.8. The van der Waals surface area contributed by atoms with Crippen LogP contribution in [-0.2, 0) is 11.2 Å². The monoisotopic (exact) mass is 278 g/mol. The van der Waals surface area contributed by atoms with Gasteiger partial charge in [-0.2, -0.15) is 0 Å². The van der Waals surface area contributed by atoms with Crippen molar-refractivity contribution in [3.05, 3.63) is 70.5 Å². The molecule has 0 bridgehead atoms. The standard InChI is InChI=1S/C15H12ClFO2/c16-13-9-10(6-7-14(13)17)8-12(15(18)19)11-4-2-1-3-5-11/h1-7,9,12H,8H2,(H,18,19). The van der Waals surface area contributed by atoms with E-state index in [0.29, 0.717) is 5.56 Å². The predicted octanol–water partition coefficient (Wildman–Crippen LogP) is 3.89. The highest BCUT2D eigenvalue weighted by molar-refractivity contribution is 6.30. The van der Waals surface area contributed by atoms with Crippen molar-refractivity contribution in [1.29, 1.82) is 0 Å². The second-order valence-corrected chi connectivity index (χ2v) is 4.66. The highest BCUT2D eigenvalue weighted by atomic mass is 35.5. The summed E-state index contributed by atoms with van der Waals surface area (Å²) in [6.07, 6.45) is 0.277. The summed E-state index contributed by atoms with van der Waals surface area (Å²) in [6, 6.07) is 13.2. The third-order valence-corrected chi connectivity index (χ3v) is 3.21. The molecule has 19 heavy (non-hydrogen) atoms. The number of benzene rings is 2. The van der Waals surface area contributed by atoms with Crippen LogP contribution in [0.5, 0.6) is 0 Å². The second kappa shape index (κ2) is 5.85. The number of carboxylic acids is 1. The van der Waals surface area contributed by atoms with Crippen LogP contribution in [0.1, 0.15) is 17.0 Å². The first kappa shape index (κ1) is 13.6. The Kier molecular flexibility index (Phi) is 4.17. The lowest BCUT2D eigenvalue weighted by Crippen LogP contribution is -2.14. The van der Waals surface area contributed by atoms with Crippen molar-refractivity contribution in [2.45, 2.75) is 12.3 Å². The summed E-state index contributed by atoms with van der Waals surface area (Å²) in [7, 11) is 0. The number of rotatable bonds is 4. The van der Waals surface area contributed by atoms with Crippen LogP contribution in [-0.4, -0.2) is 11.1 Å². The molecule has 1 N–H and O–H groups in total. The maximum absolute atomic E-state index is 13.1. The van der Waals surface area contributed by atoms with Crippen molar-refractivity contribution < 1.29 is 14.3 Å². The topological polar surface area (TPSA) is 37.3 Å². The molecule has 0 amide bonds. The predicted molar refractivity (Wildman–Crippen MR) is 71.9 cm³/mol. The molecular formula is C15H12ClFO2. The van der Waals surface area contributed by atoms with E-state index < -0.39 is 17.7 Å². The normalized spacial score (nSPS) is 12.1. The van der Waals surface area contributed by atoms with Gasteiger partial charge in [-0.25, -0.2) is 4.39 Å². The van der Waals surface area contributed by atoms with E-state index in [1.807, 2.05) is 6.07 Å². The van der Waals surface area contributed by atoms with Crippen LogP contribution < -0.4 is 0 Å². The van der Waals surface area contributed by atoms with Crippen LogP contribution in [0.25, 0.3) is 0 Å². The Morgan fingerprint density at radius 2 is 1.89 bits per heavy atom. The average molecular weight is 279 g/mol. The van der Waals surface area contributed by atoms with Gasteiger partial charge in [-0.3, -0.25) is 4.79 Å². The molecule has 2 aromatic carbocycles. The smallest absolute Gasteiger partial charge is 0.311 e. The van der Waals surface area contributed by atoms with Gasteiger partial charge in [0.15, 0.2) is 0 Å². The van der Waals surface area contributed by atoms with Gasteiger partial charge >= 0.3 is 5.97 Å². The first-order valence-corrected chi connectivity index (χ1v) is 6.17. The van der Waals surface area contributed by atoms with Gasteiger partial charge < -0.3 is 5.11 Å². The SMILES string of the molecule is O=C(O)C(Cc1ccc(F)c(Cl)c1)c1ccccc1. The summed E-state index contributed by atoms with van der Waals surface area (Å²) in [5.74, 6) is -2.08. The fraction of sp³-hybridized carbons (Fsp3) is 0.133. The quantitative estimate of drug-likeness (QED) is 0.921. The Morgan fingerprint density at radius 1 is 1.21 bits per heavy atom. The molecule has 0 aliphatic rings. The molecule has 0 radical (unpaired) electrons. The molecule has 0 aliphatic heterocycles. The van der Waals surface area contributed by atoms with E-state index in [9.17, 15) is 14.3 Å². The molecule has 0 saturated carbocycles. The number of carboxylic acid groups (broad SMARTS) is 1. The minimum atomic E-state index is -0.911. The molecule has 0 saturated heterocycles. The lowest BCUT2D eigenvalue weighted by Gasteiger charge is -2.13. The van der Waals surface area contributed by atoms with Crippen LogP contribution in [0.4, 0.5) is 4.39 Å². The molecule has 1 unspecified atom stereocenters. The first-order valence-electron chi connectivity index (χ1n) is 5.79. The maximum Gasteiger partial charge on any atom is 0.311 e. The number of hydrogen-bond donors (Lipinski definition) is 1. The van der Waals surface area contributed by atoms with Gasteiger partial charge in [-0.15, -0.1) is 0 Å². The number of aliphatic carboxylic acids is 1. The molecule has 0 heterocycles. The van der Waals surface area contributed by atoms with E-state index >= 15 is 0 Å². The summed E-state index contributed by atoms with van der Waals surface area (Å²) >= 11 is 5.70. The lowest BCUT2D eigenvalue weighted by molar-refractivity contribution is -0.138. The molecule has 1 atom stereocenters. The van der Waals surface area contributed by atoms with Crippen LogP contribution in [0.2, 0.25) is 5.02 Å². The molecule has 2 rings (SSSR count). The Balaban J connectivity index is 2.27. The molecule has 2 aromatic rings. The molecule has 4 heteroatoms. The molecule has 2 nitrogen and oxygen atoms in total. The molecular weight excluding hydrogens is 267 g/mol. The van der Waals surface area contributed by atoms with Crippen molar-refractivity contribution in [1.82, 2.24) is 0 Å². The first-order chi connectivity index (χ1) is 9.08. The Bertz CT molecular complexity index is 584. The van der Waals surface area contributed by atoms with Gasteiger partial charge in [-0.1, -0.05) is 48.0 Å². The van der Waals surface area contributed by atoms with Gasteiger partial charge in [0.1, 0.15) is 5.82 Å². The summed E-state index contributed by atoms with van der Waals surface area (Å²) in [4.78, 5) is 11.3. The Hall–Kier alpha value is -1.87. The summed E-state index contributed by atoms with van der Waals surface area (Å²) in [6.45, 7) is 0. The lowest BCUT2D eigenvalue weighted by atomic mass is 9.92. The van der Waals surface area contributed by atoms with Gasteiger partial charge in [0.05, 0.1) is 10.9 Å². The fourth-order valence-corrected chi connectivity index (χ4v) is 2.14. The van der Waals surface area contributed by atoms with Crippen molar-refractivity contribution in [2.75, 3.05) is 0 Å². The van der Waals surface area contributed by atoms with Gasteiger partial charge in [-0.05, 0) is 29.7 Å². The highest BCUT2D eigenvalue weighted by Crippen LogP contribution is 2.24. The van der Waals surface area contributed by atoms with E-state index in [1.54, 1.807) is 30.3 Å². The summed E-state index contributed by atoms with van der Waals surface area (Å²) < 4.78 is 13.1. The highest BCUT2D eigenvalue weighted by Gasteiger charge is 2.20. The Morgan fingerprint density at radius 3 is 2.47 bits per heavy atom. The largest absolute Gasteiger partial charge is 0.481 e. The van der Waals surface area contributed by atoms with Gasteiger partial charge in [0.25, 0.3) is 0 Å². The third kappa shape index (κ3) is 3.32. The second-order valence-electron chi connectivity index (χ2n) is 4.25. The van der Waals surface area contributed by atoms with E-state index in [2.05, 4.69) is 0 Å². The molecule has 0 fully saturated rings. The summed E-state index contributed by atoms with van der Waals surface area (Å²) in [5.41, 5.74) is 1.41. The average Bonchev–Trinajstić information content (AvgIpc) is 2.40. The van der Waals surface area contributed by atoms with Crippen molar-refractivity contribution in [3.63, 3.8) is 0 Å². The zero-order chi connectivity index (χ0) is 13.8. The molecule has 98 valence electrons. The van der Waals surface area contributed by atoms with Crippen LogP contribution in [0.3, 0.4) is 0 Å². The minimum absolute atomic E-state index is 0.00898. The molecule has 0 spiro atoms. The number of hydrogen-bond acceptors (Lipinski definition) is 1. The van der Waals surface area contributed by atoms with Crippen LogP contribution in [0.15, 0.2) is 48.5 Å². The van der Waals surface area contributed by atoms with Gasteiger partial charge in [0.2, 0.25) is 0 Å². The minimum Gasteiger partial charge on any atom is -0.481 e. The van der Waals surface area contributed by atoms with Gasteiger partial charge in [0, 0.05) is 0 Å². The fourth-order valence-electron chi connectivity index (χ4n) is 1.94. The molecule has 0 aliphatic carbocycles. The maximum atomic E-state index is 13.1. The van der Waals surface area contributed by atoms with Crippen molar-refractivity contribution in [2.24, 2.45) is 0 Å². The van der Waals surface area contributed by atoms with Crippen molar-refractivity contribution in [3.8, 4) is 0 Å². The van der Waals surface area contributed by atoms with E-state index in [-0.39, 0.29) is 11.4 Å². The molecule has 0 aromatic heterocycles. The van der Waals surface area contributed by atoms with Crippen LogP contribution >= 0.6 is 11.6 Å². The van der Waals surface area contributed by atoms with E-state index in [0.717, 1.165) is 5.56 Å². The summed E-state index contributed by atoms with van der Waals surface area (Å²) in [5, 5.41) is 9.31.